The number of halogens is 2. The molecule has 2 nitrogen and oxygen atoms in total. The van der Waals surface area contributed by atoms with Gasteiger partial charge in [0.1, 0.15) is 0 Å². The lowest BCUT2D eigenvalue weighted by atomic mass is 10.1. The van der Waals surface area contributed by atoms with Gasteiger partial charge in [-0.1, -0.05) is 12.1 Å². The topological polar surface area (TPSA) is 15.3 Å². The Hall–Kier alpha value is -1.00. The van der Waals surface area contributed by atoms with Crippen molar-refractivity contribution in [2.75, 3.05) is 19.6 Å². The molecule has 0 amide bonds. The van der Waals surface area contributed by atoms with Crippen molar-refractivity contribution in [1.82, 2.24) is 10.2 Å². The fourth-order valence-corrected chi connectivity index (χ4v) is 2.71. The number of hydrogen-bond acceptors (Lipinski definition) is 2. The van der Waals surface area contributed by atoms with Crippen molar-refractivity contribution < 1.29 is 8.78 Å². The first-order valence-corrected chi connectivity index (χ1v) is 6.62. The zero-order valence-corrected chi connectivity index (χ0v) is 10.3. The Labute approximate surface area is 106 Å². The standard InChI is InChI=1S/C14H18F2N2/c15-12-3-1-2-11(14(12)16)8-18-7-6-17-13(9-18)10-4-5-10/h1-3,10,13,17H,4-9H2. The molecule has 1 saturated heterocycles. The Bertz CT molecular complexity index is 432. The van der Waals surface area contributed by atoms with Crippen LogP contribution in [0.2, 0.25) is 0 Å². The smallest absolute Gasteiger partial charge is 0.163 e. The van der Waals surface area contributed by atoms with E-state index >= 15 is 0 Å². The van der Waals surface area contributed by atoms with E-state index in [-0.39, 0.29) is 0 Å². The van der Waals surface area contributed by atoms with Gasteiger partial charge in [0.25, 0.3) is 0 Å². The molecule has 1 aromatic carbocycles. The Morgan fingerprint density at radius 1 is 1.28 bits per heavy atom. The second kappa shape index (κ2) is 4.94. The number of hydrogen-bond donors (Lipinski definition) is 1. The van der Waals surface area contributed by atoms with Crippen molar-refractivity contribution >= 4 is 0 Å². The monoisotopic (exact) mass is 252 g/mol. The summed E-state index contributed by atoms with van der Waals surface area (Å²) < 4.78 is 26.7. The van der Waals surface area contributed by atoms with Crippen LogP contribution in [0.25, 0.3) is 0 Å². The molecule has 18 heavy (non-hydrogen) atoms. The van der Waals surface area contributed by atoms with E-state index < -0.39 is 11.6 Å². The molecule has 3 rings (SSSR count). The molecule has 98 valence electrons. The molecule has 1 atom stereocenters. The van der Waals surface area contributed by atoms with Gasteiger partial charge in [-0.05, 0) is 24.8 Å². The highest BCUT2D eigenvalue weighted by Gasteiger charge is 2.34. The van der Waals surface area contributed by atoms with Crippen LogP contribution in [0.1, 0.15) is 18.4 Å². The second-order valence-corrected chi connectivity index (χ2v) is 5.35. The third kappa shape index (κ3) is 2.54. The average molecular weight is 252 g/mol. The van der Waals surface area contributed by atoms with Gasteiger partial charge in [-0.25, -0.2) is 8.78 Å². The SMILES string of the molecule is Fc1cccc(CN2CCNC(C3CC3)C2)c1F. The van der Waals surface area contributed by atoms with Crippen molar-refractivity contribution in [2.24, 2.45) is 5.92 Å². The lowest BCUT2D eigenvalue weighted by molar-refractivity contribution is 0.179. The van der Waals surface area contributed by atoms with Gasteiger partial charge in [-0.3, -0.25) is 4.90 Å². The summed E-state index contributed by atoms with van der Waals surface area (Å²) in [5.41, 5.74) is 0.464. The molecule has 1 heterocycles. The van der Waals surface area contributed by atoms with Gasteiger partial charge in [0.05, 0.1) is 0 Å². The molecule has 0 radical (unpaired) electrons. The molecule has 0 aromatic heterocycles. The summed E-state index contributed by atoms with van der Waals surface area (Å²) in [4.78, 5) is 2.22. The van der Waals surface area contributed by atoms with E-state index in [1.807, 2.05) is 0 Å². The molecule has 2 fully saturated rings. The molecule has 0 bridgehead atoms. The Balaban J connectivity index is 1.66. The first-order chi connectivity index (χ1) is 8.74. The van der Waals surface area contributed by atoms with Crippen LogP contribution in [0.5, 0.6) is 0 Å². The Kier molecular flexibility index (Phi) is 3.31. The molecule has 1 unspecified atom stereocenters. The van der Waals surface area contributed by atoms with Crippen LogP contribution in [-0.2, 0) is 6.54 Å². The number of benzene rings is 1. The molecular formula is C14H18F2N2. The van der Waals surface area contributed by atoms with Gasteiger partial charge < -0.3 is 5.32 Å². The van der Waals surface area contributed by atoms with Gasteiger partial charge in [-0.2, -0.15) is 0 Å². The van der Waals surface area contributed by atoms with Crippen LogP contribution in [0.3, 0.4) is 0 Å². The van der Waals surface area contributed by atoms with E-state index in [1.165, 1.54) is 18.9 Å². The fourth-order valence-electron chi connectivity index (χ4n) is 2.71. The summed E-state index contributed by atoms with van der Waals surface area (Å²) in [5, 5.41) is 3.51. The van der Waals surface area contributed by atoms with Crippen molar-refractivity contribution in [3.63, 3.8) is 0 Å². The van der Waals surface area contributed by atoms with Crippen LogP contribution in [0, 0.1) is 17.6 Å². The summed E-state index contributed by atoms with van der Waals surface area (Å²) in [5.74, 6) is -0.648. The molecule has 1 saturated carbocycles. The number of piperazine rings is 1. The Morgan fingerprint density at radius 3 is 2.89 bits per heavy atom. The summed E-state index contributed by atoms with van der Waals surface area (Å²) >= 11 is 0. The highest BCUT2D eigenvalue weighted by molar-refractivity contribution is 5.19. The summed E-state index contributed by atoms with van der Waals surface area (Å²) in [6.07, 6.45) is 2.61. The predicted octanol–water partition coefficient (Wildman–Crippen LogP) is 2.15. The van der Waals surface area contributed by atoms with E-state index in [0.29, 0.717) is 18.2 Å². The zero-order valence-electron chi connectivity index (χ0n) is 10.3. The molecule has 0 spiro atoms. The van der Waals surface area contributed by atoms with Crippen LogP contribution < -0.4 is 5.32 Å². The minimum atomic E-state index is -0.749. The highest BCUT2D eigenvalue weighted by atomic mass is 19.2. The first-order valence-electron chi connectivity index (χ1n) is 6.62. The van der Waals surface area contributed by atoms with E-state index in [1.54, 1.807) is 12.1 Å². The van der Waals surface area contributed by atoms with E-state index in [9.17, 15) is 8.78 Å². The van der Waals surface area contributed by atoms with Gasteiger partial charge in [0, 0.05) is 37.8 Å². The minimum absolute atomic E-state index is 0.464. The normalized spacial score (nSPS) is 25.3. The van der Waals surface area contributed by atoms with Gasteiger partial charge >= 0.3 is 0 Å². The lowest BCUT2D eigenvalue weighted by Gasteiger charge is -2.34. The zero-order chi connectivity index (χ0) is 12.5. The average Bonchev–Trinajstić information content (AvgIpc) is 3.20. The fraction of sp³-hybridized carbons (Fsp3) is 0.571. The van der Waals surface area contributed by atoms with Crippen molar-refractivity contribution in [2.45, 2.75) is 25.4 Å². The lowest BCUT2D eigenvalue weighted by Crippen LogP contribution is -2.51. The number of rotatable bonds is 3. The minimum Gasteiger partial charge on any atom is -0.311 e. The van der Waals surface area contributed by atoms with Gasteiger partial charge in [0.2, 0.25) is 0 Å². The van der Waals surface area contributed by atoms with E-state index in [4.69, 9.17) is 0 Å². The van der Waals surface area contributed by atoms with Crippen LogP contribution in [0.15, 0.2) is 18.2 Å². The first kappa shape index (κ1) is 12.1. The Morgan fingerprint density at radius 2 is 2.11 bits per heavy atom. The third-order valence-corrected chi connectivity index (χ3v) is 3.91. The molecule has 1 N–H and O–H groups in total. The van der Waals surface area contributed by atoms with Crippen molar-refractivity contribution in [1.29, 1.82) is 0 Å². The second-order valence-electron chi connectivity index (χ2n) is 5.35. The van der Waals surface area contributed by atoms with Crippen LogP contribution in [-0.4, -0.2) is 30.6 Å². The molecular weight excluding hydrogens is 234 g/mol. The van der Waals surface area contributed by atoms with Crippen LogP contribution in [0.4, 0.5) is 8.78 Å². The van der Waals surface area contributed by atoms with Gasteiger partial charge in [0.15, 0.2) is 11.6 Å². The van der Waals surface area contributed by atoms with Crippen LogP contribution >= 0.6 is 0 Å². The molecule has 4 heteroatoms. The number of nitrogens with zero attached hydrogens (tertiary/aromatic N) is 1. The molecule has 2 aliphatic rings. The van der Waals surface area contributed by atoms with Crippen molar-refractivity contribution in [3.05, 3.63) is 35.4 Å². The van der Waals surface area contributed by atoms with Crippen molar-refractivity contribution in [3.8, 4) is 0 Å². The maximum Gasteiger partial charge on any atom is 0.163 e. The molecule has 1 aromatic rings. The quantitative estimate of drug-likeness (QED) is 0.886. The summed E-state index contributed by atoms with van der Waals surface area (Å²) in [7, 11) is 0. The van der Waals surface area contributed by atoms with E-state index in [0.717, 1.165) is 25.6 Å². The summed E-state index contributed by atoms with van der Waals surface area (Å²) in [6.45, 7) is 3.30. The maximum absolute atomic E-state index is 13.6. The predicted molar refractivity (Wildman–Crippen MR) is 66.1 cm³/mol. The number of nitrogens with one attached hydrogen (secondary N) is 1. The summed E-state index contributed by atoms with van der Waals surface area (Å²) in [6, 6.07) is 4.96. The largest absolute Gasteiger partial charge is 0.311 e. The highest BCUT2D eigenvalue weighted by Crippen LogP contribution is 2.33. The molecule has 1 aliphatic carbocycles. The maximum atomic E-state index is 13.6. The van der Waals surface area contributed by atoms with Gasteiger partial charge in [-0.15, -0.1) is 0 Å². The molecule has 1 aliphatic heterocycles. The van der Waals surface area contributed by atoms with E-state index in [2.05, 4.69) is 10.2 Å². The third-order valence-electron chi connectivity index (χ3n) is 3.91.